The number of amides is 1. The average molecular weight is 334 g/mol. The Hall–Kier alpha value is -1.85. The van der Waals surface area contributed by atoms with Crippen molar-refractivity contribution in [3.8, 4) is 0 Å². The lowest BCUT2D eigenvalue weighted by Gasteiger charge is -2.29. The van der Waals surface area contributed by atoms with Gasteiger partial charge in [-0.15, -0.1) is 0 Å². The summed E-state index contributed by atoms with van der Waals surface area (Å²) >= 11 is 0. The number of hydrogen-bond acceptors (Lipinski definition) is 5. The van der Waals surface area contributed by atoms with Crippen molar-refractivity contribution in [2.75, 3.05) is 0 Å². The summed E-state index contributed by atoms with van der Waals surface area (Å²) < 4.78 is 10.3. The van der Waals surface area contributed by atoms with Crippen molar-refractivity contribution in [2.45, 2.75) is 65.5 Å². The maximum Gasteiger partial charge on any atom is 0.344 e. The predicted octanol–water partition coefficient (Wildman–Crippen LogP) is 2.78. The normalized spacial score (nSPS) is 27.8. The zero-order valence-corrected chi connectivity index (χ0v) is 14.8. The number of nitrogens with one attached hydrogen (secondary N) is 1. The van der Waals surface area contributed by atoms with Gasteiger partial charge in [0.05, 0.1) is 5.69 Å². The molecule has 1 N–H and O–H groups in total. The van der Waals surface area contributed by atoms with Crippen LogP contribution in [0.25, 0.3) is 0 Å². The first kappa shape index (κ1) is 17.0. The van der Waals surface area contributed by atoms with Crippen LogP contribution in [0.1, 0.15) is 61.3 Å². The molecular weight excluding hydrogens is 308 g/mol. The molecule has 2 bridgehead atoms. The Bertz CT molecular complexity index is 619. The highest BCUT2D eigenvalue weighted by Gasteiger charge is 2.42. The van der Waals surface area contributed by atoms with E-state index in [4.69, 9.17) is 9.26 Å². The molecule has 2 fully saturated rings. The Morgan fingerprint density at radius 3 is 2.54 bits per heavy atom. The number of ether oxygens (including phenoxy) is 1. The molecule has 3 rings (SSSR count). The second-order valence-corrected chi connectivity index (χ2v) is 7.38. The smallest absolute Gasteiger partial charge is 0.344 e. The van der Waals surface area contributed by atoms with Crippen LogP contribution in [-0.2, 0) is 9.53 Å². The van der Waals surface area contributed by atoms with Crippen LogP contribution in [0.5, 0.6) is 0 Å². The number of esters is 1. The van der Waals surface area contributed by atoms with E-state index in [1.807, 2.05) is 0 Å². The van der Waals surface area contributed by atoms with Gasteiger partial charge in [0.1, 0.15) is 11.3 Å². The largest absolute Gasteiger partial charge is 0.449 e. The SMILES string of the molecule is Cc1noc(C)c1C(=O)O[C@H](C)C(=O)N[C@H](C)[C@H]1C[C@H]2CC[C@H]1C2. The zero-order chi connectivity index (χ0) is 17.4. The quantitative estimate of drug-likeness (QED) is 0.837. The molecule has 0 aromatic carbocycles. The molecule has 2 aliphatic carbocycles. The molecule has 2 saturated carbocycles. The van der Waals surface area contributed by atoms with Gasteiger partial charge in [0.15, 0.2) is 6.10 Å². The average Bonchev–Trinajstić information content (AvgIpc) is 3.23. The summed E-state index contributed by atoms with van der Waals surface area (Å²) in [6.07, 6.45) is 4.30. The minimum Gasteiger partial charge on any atom is -0.449 e. The Kier molecular flexibility index (Phi) is 4.65. The fourth-order valence-corrected chi connectivity index (χ4v) is 4.40. The summed E-state index contributed by atoms with van der Waals surface area (Å²) in [6.45, 7) is 6.98. The van der Waals surface area contributed by atoms with E-state index in [1.54, 1.807) is 20.8 Å². The Morgan fingerprint density at radius 1 is 1.25 bits per heavy atom. The number of nitrogens with zero attached hydrogens (tertiary/aromatic N) is 1. The lowest BCUT2D eigenvalue weighted by molar-refractivity contribution is -0.130. The molecule has 2 aliphatic rings. The van der Waals surface area contributed by atoms with Crippen molar-refractivity contribution in [3.63, 3.8) is 0 Å². The molecule has 5 atom stereocenters. The van der Waals surface area contributed by atoms with Gasteiger partial charge >= 0.3 is 5.97 Å². The Labute approximate surface area is 142 Å². The Balaban J connectivity index is 1.54. The van der Waals surface area contributed by atoms with E-state index in [0.717, 1.165) is 11.8 Å². The van der Waals surface area contributed by atoms with Crippen molar-refractivity contribution >= 4 is 11.9 Å². The molecule has 6 nitrogen and oxygen atoms in total. The lowest BCUT2D eigenvalue weighted by Crippen LogP contribution is -2.45. The second-order valence-electron chi connectivity index (χ2n) is 7.38. The predicted molar refractivity (Wildman–Crippen MR) is 87.4 cm³/mol. The fraction of sp³-hybridized carbons (Fsp3) is 0.722. The zero-order valence-electron chi connectivity index (χ0n) is 14.8. The number of hydrogen-bond donors (Lipinski definition) is 1. The van der Waals surface area contributed by atoms with Crippen LogP contribution in [0, 0.1) is 31.6 Å². The molecule has 1 aromatic heterocycles. The van der Waals surface area contributed by atoms with Gasteiger partial charge in [-0.05, 0) is 64.7 Å². The van der Waals surface area contributed by atoms with Crippen molar-refractivity contribution in [2.24, 2.45) is 17.8 Å². The maximum absolute atomic E-state index is 12.4. The monoisotopic (exact) mass is 334 g/mol. The van der Waals surface area contributed by atoms with Crippen LogP contribution in [0.3, 0.4) is 0 Å². The van der Waals surface area contributed by atoms with Crippen molar-refractivity contribution < 1.29 is 18.8 Å². The van der Waals surface area contributed by atoms with Crippen LogP contribution in [0.4, 0.5) is 0 Å². The summed E-state index contributed by atoms with van der Waals surface area (Å²) in [5, 5.41) is 6.77. The van der Waals surface area contributed by atoms with Crippen LogP contribution < -0.4 is 5.32 Å². The topological polar surface area (TPSA) is 81.4 Å². The first-order chi connectivity index (χ1) is 11.4. The van der Waals surface area contributed by atoms with Crippen LogP contribution in [-0.4, -0.2) is 29.2 Å². The van der Waals surface area contributed by atoms with Crippen molar-refractivity contribution in [1.82, 2.24) is 10.5 Å². The van der Waals surface area contributed by atoms with E-state index < -0.39 is 12.1 Å². The highest BCUT2D eigenvalue weighted by atomic mass is 16.5. The fourth-order valence-electron chi connectivity index (χ4n) is 4.40. The number of fused-ring (bicyclic) bond motifs is 2. The van der Waals surface area contributed by atoms with Crippen LogP contribution >= 0.6 is 0 Å². The Morgan fingerprint density at radius 2 is 2.00 bits per heavy atom. The highest BCUT2D eigenvalue weighted by Crippen LogP contribution is 2.49. The first-order valence-corrected chi connectivity index (χ1v) is 8.81. The lowest BCUT2D eigenvalue weighted by atomic mass is 9.84. The van der Waals surface area contributed by atoms with Crippen LogP contribution in [0.2, 0.25) is 0 Å². The summed E-state index contributed by atoms with van der Waals surface area (Å²) in [6, 6.07) is 0.119. The summed E-state index contributed by atoms with van der Waals surface area (Å²) in [4.78, 5) is 24.6. The molecule has 132 valence electrons. The minimum atomic E-state index is -0.841. The van der Waals surface area contributed by atoms with Crippen molar-refractivity contribution in [1.29, 1.82) is 0 Å². The molecule has 6 heteroatoms. The van der Waals surface area contributed by atoms with Gasteiger partial charge in [-0.1, -0.05) is 11.6 Å². The minimum absolute atomic E-state index is 0.119. The van der Waals surface area contributed by atoms with Crippen molar-refractivity contribution in [3.05, 3.63) is 17.0 Å². The third-order valence-electron chi connectivity index (χ3n) is 5.70. The highest BCUT2D eigenvalue weighted by molar-refractivity contribution is 5.93. The van der Waals surface area contributed by atoms with Gasteiger partial charge in [-0.2, -0.15) is 0 Å². The summed E-state index contributed by atoms with van der Waals surface area (Å²) in [7, 11) is 0. The van der Waals surface area contributed by atoms with Gasteiger partial charge in [0.25, 0.3) is 5.91 Å². The molecular formula is C18H26N2O4. The number of carbonyl (C=O) groups excluding carboxylic acids is 2. The van der Waals surface area contributed by atoms with E-state index in [9.17, 15) is 9.59 Å². The van der Waals surface area contributed by atoms with E-state index in [-0.39, 0.29) is 11.9 Å². The van der Waals surface area contributed by atoms with Gasteiger partial charge < -0.3 is 14.6 Å². The van der Waals surface area contributed by atoms with E-state index in [1.165, 1.54) is 25.7 Å². The molecule has 1 amide bonds. The molecule has 0 spiro atoms. The summed E-state index contributed by atoms with van der Waals surface area (Å²) in [5.74, 6) is 1.73. The first-order valence-electron chi connectivity index (χ1n) is 8.81. The number of aromatic nitrogens is 1. The third kappa shape index (κ3) is 3.19. The third-order valence-corrected chi connectivity index (χ3v) is 5.70. The molecule has 24 heavy (non-hydrogen) atoms. The number of aryl methyl sites for hydroxylation is 2. The number of carbonyl (C=O) groups is 2. The number of rotatable bonds is 5. The molecule has 0 unspecified atom stereocenters. The van der Waals surface area contributed by atoms with E-state index in [0.29, 0.717) is 22.9 Å². The maximum atomic E-state index is 12.4. The van der Waals surface area contributed by atoms with Gasteiger partial charge in [0, 0.05) is 6.04 Å². The van der Waals surface area contributed by atoms with Gasteiger partial charge in [-0.3, -0.25) is 4.79 Å². The molecule has 1 aromatic rings. The molecule has 1 heterocycles. The van der Waals surface area contributed by atoms with Gasteiger partial charge in [0.2, 0.25) is 0 Å². The van der Waals surface area contributed by atoms with E-state index >= 15 is 0 Å². The molecule has 0 radical (unpaired) electrons. The summed E-state index contributed by atoms with van der Waals surface area (Å²) in [5.41, 5.74) is 0.774. The van der Waals surface area contributed by atoms with E-state index in [2.05, 4.69) is 17.4 Å². The van der Waals surface area contributed by atoms with Gasteiger partial charge in [-0.25, -0.2) is 4.79 Å². The van der Waals surface area contributed by atoms with Crippen LogP contribution in [0.15, 0.2) is 4.52 Å². The second kappa shape index (κ2) is 6.57. The molecule has 0 saturated heterocycles. The molecule has 0 aliphatic heterocycles. The standard InChI is InChI=1S/C18H26N2O4/c1-9(15-8-13-5-6-14(15)7-13)19-17(21)12(4)23-18(22)16-10(2)20-24-11(16)3/h9,12-15H,5-8H2,1-4H3,(H,19,21)/t9-,12-,13+,14+,15-/m1/s1.